The van der Waals surface area contributed by atoms with E-state index in [4.69, 9.17) is 33.4 Å². The molecule has 0 saturated carbocycles. The number of hydrogen-bond acceptors (Lipinski definition) is 3. The molecule has 0 spiro atoms. The minimum Gasteiger partial charge on any atom is -0.436 e. The number of nitrogen functional groups attached to an aromatic ring is 1. The van der Waals surface area contributed by atoms with Crippen molar-refractivity contribution in [3.8, 4) is 11.5 Å². The summed E-state index contributed by atoms with van der Waals surface area (Å²) in [4.78, 5) is 4.23. The highest BCUT2D eigenvalue weighted by Gasteiger charge is 2.15. The predicted molar refractivity (Wildman–Crippen MR) is 73.8 cm³/mol. The van der Waals surface area contributed by atoms with Gasteiger partial charge >= 0.3 is 0 Å². The van der Waals surface area contributed by atoms with Gasteiger partial charge in [0.25, 0.3) is 0 Å². The highest BCUT2D eigenvalue weighted by molar-refractivity contribution is 6.34. The zero-order chi connectivity index (χ0) is 13.6. The number of anilines is 1. The minimum absolute atomic E-state index is 0.0341. The molecule has 0 radical (unpaired) electrons. The third-order valence-corrected chi connectivity index (χ3v) is 3.40. The van der Waals surface area contributed by atoms with E-state index in [0.29, 0.717) is 27.4 Å². The maximum absolute atomic E-state index is 13.4. The summed E-state index contributed by atoms with van der Waals surface area (Å²) >= 11 is 11.8. The van der Waals surface area contributed by atoms with Crippen molar-refractivity contribution in [2.45, 2.75) is 0 Å². The zero-order valence-corrected chi connectivity index (χ0v) is 11.0. The Kier molecular flexibility index (Phi) is 2.84. The third-order valence-electron chi connectivity index (χ3n) is 2.69. The van der Waals surface area contributed by atoms with Gasteiger partial charge in [0.1, 0.15) is 11.3 Å². The van der Waals surface area contributed by atoms with Crippen molar-refractivity contribution in [3.63, 3.8) is 0 Å². The summed E-state index contributed by atoms with van der Waals surface area (Å²) in [6.45, 7) is 0. The number of aromatic nitrogens is 1. The summed E-state index contributed by atoms with van der Waals surface area (Å²) in [7, 11) is 0. The topological polar surface area (TPSA) is 52.0 Å². The zero-order valence-electron chi connectivity index (χ0n) is 9.45. The van der Waals surface area contributed by atoms with E-state index in [9.17, 15) is 4.39 Å². The van der Waals surface area contributed by atoms with Crippen LogP contribution in [0.1, 0.15) is 0 Å². The van der Waals surface area contributed by atoms with Crippen molar-refractivity contribution < 1.29 is 8.81 Å². The van der Waals surface area contributed by atoms with Crippen molar-refractivity contribution in [2.75, 3.05) is 5.73 Å². The molecule has 6 heteroatoms. The molecule has 3 nitrogen and oxygen atoms in total. The summed E-state index contributed by atoms with van der Waals surface area (Å²) in [5.74, 6) is -0.305. The van der Waals surface area contributed by atoms with E-state index >= 15 is 0 Å². The SMILES string of the molecule is Nc1cc2oc(-c3cccc(F)c3Cl)nc2cc1Cl. The first kappa shape index (κ1) is 12.3. The van der Waals surface area contributed by atoms with Crippen LogP contribution < -0.4 is 5.73 Å². The van der Waals surface area contributed by atoms with Gasteiger partial charge in [-0.2, -0.15) is 0 Å². The monoisotopic (exact) mass is 296 g/mol. The second-order valence-electron chi connectivity index (χ2n) is 3.96. The molecule has 1 heterocycles. The lowest BCUT2D eigenvalue weighted by Gasteiger charge is -1.99. The number of rotatable bonds is 1. The molecule has 0 saturated heterocycles. The Morgan fingerprint density at radius 2 is 2.00 bits per heavy atom. The van der Waals surface area contributed by atoms with Crippen LogP contribution in [0, 0.1) is 5.82 Å². The third kappa shape index (κ3) is 2.03. The lowest BCUT2D eigenvalue weighted by Crippen LogP contribution is -1.84. The molecular weight excluding hydrogens is 290 g/mol. The van der Waals surface area contributed by atoms with Crippen molar-refractivity contribution in [1.82, 2.24) is 4.98 Å². The number of halogens is 3. The van der Waals surface area contributed by atoms with Gasteiger partial charge < -0.3 is 10.2 Å². The predicted octanol–water partition coefficient (Wildman–Crippen LogP) is 4.52. The average molecular weight is 297 g/mol. The van der Waals surface area contributed by atoms with Gasteiger partial charge in [-0.15, -0.1) is 0 Å². The van der Waals surface area contributed by atoms with Gasteiger partial charge in [-0.05, 0) is 18.2 Å². The largest absolute Gasteiger partial charge is 0.436 e. The van der Waals surface area contributed by atoms with E-state index in [1.165, 1.54) is 12.1 Å². The molecule has 3 aromatic rings. The maximum Gasteiger partial charge on any atom is 0.228 e. The van der Waals surface area contributed by atoms with Crippen LogP contribution in [0.2, 0.25) is 10.0 Å². The van der Waals surface area contributed by atoms with E-state index < -0.39 is 5.82 Å². The molecular formula is C13H7Cl2FN2O. The Morgan fingerprint density at radius 3 is 2.79 bits per heavy atom. The lowest BCUT2D eigenvalue weighted by atomic mass is 10.2. The number of nitrogens with zero attached hydrogens (tertiary/aromatic N) is 1. The number of oxazole rings is 1. The summed E-state index contributed by atoms with van der Waals surface area (Å²) in [5, 5.41) is 0.353. The number of nitrogens with two attached hydrogens (primary N) is 1. The van der Waals surface area contributed by atoms with Crippen molar-refractivity contribution in [1.29, 1.82) is 0 Å². The molecule has 96 valence electrons. The fourth-order valence-electron chi connectivity index (χ4n) is 1.75. The van der Waals surface area contributed by atoms with Crippen molar-refractivity contribution in [2.24, 2.45) is 0 Å². The molecule has 0 amide bonds. The van der Waals surface area contributed by atoms with Crippen LogP contribution >= 0.6 is 23.2 Å². The Labute approximate surface area is 117 Å². The van der Waals surface area contributed by atoms with E-state index in [2.05, 4.69) is 4.98 Å². The molecule has 2 aromatic carbocycles. The molecule has 0 aliphatic carbocycles. The summed E-state index contributed by atoms with van der Waals surface area (Å²) in [5.41, 5.74) is 7.46. The van der Waals surface area contributed by atoms with Crippen LogP contribution in [0.15, 0.2) is 34.7 Å². The Morgan fingerprint density at radius 1 is 1.21 bits per heavy atom. The maximum atomic E-state index is 13.4. The molecule has 2 N–H and O–H groups in total. The van der Waals surface area contributed by atoms with Crippen LogP contribution in [0.4, 0.5) is 10.1 Å². The molecule has 1 aromatic heterocycles. The highest BCUT2D eigenvalue weighted by atomic mass is 35.5. The van der Waals surface area contributed by atoms with Crippen LogP contribution in [-0.4, -0.2) is 4.98 Å². The van der Waals surface area contributed by atoms with Gasteiger partial charge in [-0.1, -0.05) is 29.3 Å². The van der Waals surface area contributed by atoms with Crippen LogP contribution in [0.5, 0.6) is 0 Å². The van der Waals surface area contributed by atoms with Crippen LogP contribution in [-0.2, 0) is 0 Å². The molecule has 19 heavy (non-hydrogen) atoms. The number of fused-ring (bicyclic) bond motifs is 1. The summed E-state index contributed by atoms with van der Waals surface area (Å²) in [6.07, 6.45) is 0. The Balaban J connectivity index is 2.23. The van der Waals surface area contributed by atoms with E-state index in [0.717, 1.165) is 0 Å². The second-order valence-corrected chi connectivity index (χ2v) is 4.75. The molecule has 0 aliphatic heterocycles. The molecule has 0 aliphatic rings. The van der Waals surface area contributed by atoms with E-state index in [1.807, 2.05) is 0 Å². The van der Waals surface area contributed by atoms with Gasteiger partial charge in [0, 0.05) is 6.07 Å². The molecule has 0 unspecified atom stereocenters. The number of benzene rings is 2. The van der Waals surface area contributed by atoms with Gasteiger partial charge in [0.15, 0.2) is 5.58 Å². The first-order valence-corrected chi connectivity index (χ1v) is 6.12. The van der Waals surface area contributed by atoms with Crippen molar-refractivity contribution in [3.05, 3.63) is 46.2 Å². The smallest absolute Gasteiger partial charge is 0.228 e. The first-order chi connectivity index (χ1) is 9.06. The normalized spacial score (nSPS) is 11.1. The Hall–Kier alpha value is -1.78. The van der Waals surface area contributed by atoms with Crippen molar-refractivity contribution >= 4 is 40.0 Å². The van der Waals surface area contributed by atoms with Gasteiger partial charge in [0.2, 0.25) is 5.89 Å². The quantitative estimate of drug-likeness (QED) is 0.672. The molecule has 3 rings (SSSR count). The summed E-state index contributed by atoms with van der Waals surface area (Å²) in [6, 6.07) is 7.59. The molecule has 0 atom stereocenters. The highest BCUT2D eigenvalue weighted by Crippen LogP contribution is 2.33. The van der Waals surface area contributed by atoms with Crippen LogP contribution in [0.25, 0.3) is 22.6 Å². The standard InChI is InChI=1S/C13H7Cl2FN2O/c14-7-4-10-11(5-9(7)17)19-13(18-10)6-2-1-3-8(16)12(6)15/h1-5H,17H2. The Bertz CT molecular complexity index is 747. The minimum atomic E-state index is -0.529. The van der Waals surface area contributed by atoms with Crippen LogP contribution in [0.3, 0.4) is 0 Å². The van der Waals surface area contributed by atoms with Gasteiger partial charge in [-0.25, -0.2) is 9.37 Å². The van der Waals surface area contributed by atoms with Gasteiger partial charge in [0.05, 0.1) is 21.3 Å². The van der Waals surface area contributed by atoms with E-state index in [1.54, 1.807) is 18.2 Å². The second kappa shape index (κ2) is 4.40. The van der Waals surface area contributed by atoms with Gasteiger partial charge in [-0.3, -0.25) is 0 Å². The lowest BCUT2D eigenvalue weighted by molar-refractivity contribution is 0.611. The molecule has 0 bridgehead atoms. The fraction of sp³-hybridized carbons (Fsp3) is 0. The van der Waals surface area contributed by atoms with E-state index in [-0.39, 0.29) is 10.9 Å². The number of hydrogen-bond donors (Lipinski definition) is 1. The average Bonchev–Trinajstić information content (AvgIpc) is 2.76. The summed E-state index contributed by atoms with van der Waals surface area (Å²) < 4.78 is 18.9. The molecule has 0 fully saturated rings. The first-order valence-electron chi connectivity index (χ1n) is 5.36. The fourth-order valence-corrected chi connectivity index (χ4v) is 2.11.